The van der Waals surface area contributed by atoms with E-state index in [1.54, 1.807) is 12.1 Å². The molecule has 0 unspecified atom stereocenters. The van der Waals surface area contributed by atoms with E-state index in [9.17, 15) is 29.1 Å². The largest absolute Gasteiger partial charge is 0.513 e. The molecule has 0 saturated heterocycles. The van der Waals surface area contributed by atoms with Crippen LogP contribution < -0.4 is 21.9 Å². The van der Waals surface area contributed by atoms with Gasteiger partial charge in [-0.1, -0.05) is 0 Å². The highest BCUT2D eigenvalue weighted by Gasteiger charge is 2.23. The van der Waals surface area contributed by atoms with Crippen LogP contribution in [0.25, 0.3) is 11.2 Å². The Hall–Kier alpha value is -5.08. The molecular formula is C20H19N7O8. The van der Waals surface area contributed by atoms with Gasteiger partial charge in [-0.15, -0.1) is 0 Å². The van der Waals surface area contributed by atoms with Gasteiger partial charge in [-0.05, 0) is 30.7 Å². The number of ether oxygens (including phenoxy) is 1. The third-order valence-electron chi connectivity index (χ3n) is 4.55. The van der Waals surface area contributed by atoms with Gasteiger partial charge in [-0.25, -0.2) is 19.6 Å². The number of hydrogen-bond acceptors (Lipinski definition) is 11. The number of nitrogen functional groups attached to an aromatic ring is 1. The molecule has 0 aliphatic heterocycles. The average molecular weight is 485 g/mol. The van der Waals surface area contributed by atoms with Gasteiger partial charge in [0.15, 0.2) is 11.2 Å². The van der Waals surface area contributed by atoms with E-state index in [2.05, 4.69) is 35.3 Å². The number of rotatable bonds is 9. The second-order valence-electron chi connectivity index (χ2n) is 7.06. The van der Waals surface area contributed by atoms with E-state index < -0.39 is 42.0 Å². The van der Waals surface area contributed by atoms with Crippen molar-refractivity contribution in [1.82, 2.24) is 25.3 Å². The molecule has 0 spiro atoms. The highest BCUT2D eigenvalue weighted by atomic mass is 16.7. The first-order valence-corrected chi connectivity index (χ1v) is 9.95. The molecule has 7 N–H and O–H groups in total. The van der Waals surface area contributed by atoms with E-state index in [-0.39, 0.29) is 35.6 Å². The van der Waals surface area contributed by atoms with Crippen LogP contribution in [0.5, 0.6) is 0 Å². The first-order valence-electron chi connectivity index (χ1n) is 9.95. The van der Waals surface area contributed by atoms with Gasteiger partial charge >= 0.3 is 18.1 Å². The Balaban J connectivity index is 1.58. The monoisotopic (exact) mass is 485 g/mol. The molecule has 2 heterocycles. The minimum absolute atomic E-state index is 0.0368. The van der Waals surface area contributed by atoms with Crippen LogP contribution in [-0.4, -0.2) is 60.2 Å². The smallest absolute Gasteiger partial charge is 0.480 e. The molecule has 3 aromatic rings. The molecule has 0 saturated carbocycles. The Kier molecular flexibility index (Phi) is 7.50. The van der Waals surface area contributed by atoms with Crippen LogP contribution in [0.1, 0.15) is 28.9 Å². The number of aliphatic carboxylic acids is 1. The molecule has 1 atom stereocenters. The molecule has 0 bridgehead atoms. The minimum Gasteiger partial charge on any atom is -0.480 e. The number of hydrogen-bond donors (Lipinski definition) is 6. The molecule has 2 aromatic heterocycles. The van der Waals surface area contributed by atoms with Crippen molar-refractivity contribution in [3.8, 4) is 0 Å². The number of carboxylic acids is 1. The SMILES string of the molecule is Nc1nc2ncc(CNc3ccc(C(=O)N[C@@H](CCC(=O)OC(=O)O)C(=O)O)cc3)nc2c(=O)[nH]1. The zero-order valence-corrected chi connectivity index (χ0v) is 17.8. The predicted octanol–water partition coefficient (Wildman–Crippen LogP) is 0.0918. The number of aromatic amines is 1. The molecular weight excluding hydrogens is 466 g/mol. The molecule has 35 heavy (non-hydrogen) atoms. The maximum atomic E-state index is 12.4. The molecule has 182 valence electrons. The van der Waals surface area contributed by atoms with Crippen molar-refractivity contribution in [2.45, 2.75) is 25.4 Å². The van der Waals surface area contributed by atoms with Gasteiger partial charge in [0, 0.05) is 17.7 Å². The zero-order valence-electron chi connectivity index (χ0n) is 17.8. The molecule has 1 aromatic carbocycles. The van der Waals surface area contributed by atoms with Crippen molar-refractivity contribution in [1.29, 1.82) is 0 Å². The number of esters is 1. The standard InChI is InChI=1S/C20H19N7O8/c21-19-26-15-14(17(30)27-19)24-11(8-23-15)7-22-10-3-1-9(2-4-10)16(29)25-12(18(31)32)5-6-13(28)35-20(33)34/h1-4,8,12,22H,5-7H2,(H,25,29)(H,31,32)(H,33,34)(H3,21,23,26,27,30)/t12-/m0/s1. The first-order chi connectivity index (χ1) is 16.6. The lowest BCUT2D eigenvalue weighted by Gasteiger charge is -2.14. The Morgan fingerprint density at radius 2 is 1.83 bits per heavy atom. The normalized spacial score (nSPS) is 11.4. The van der Waals surface area contributed by atoms with Crippen LogP contribution in [0.2, 0.25) is 0 Å². The number of nitrogens with two attached hydrogens (primary N) is 1. The first kappa shape index (κ1) is 24.6. The fourth-order valence-electron chi connectivity index (χ4n) is 2.90. The third-order valence-corrected chi connectivity index (χ3v) is 4.55. The molecule has 15 heteroatoms. The Morgan fingerprint density at radius 3 is 2.49 bits per heavy atom. The average Bonchev–Trinajstić information content (AvgIpc) is 2.80. The Bertz CT molecular complexity index is 1340. The number of aromatic nitrogens is 4. The number of amides is 1. The van der Waals surface area contributed by atoms with Crippen LogP contribution in [-0.2, 0) is 20.9 Å². The molecule has 1 amide bonds. The molecule has 15 nitrogen and oxygen atoms in total. The summed E-state index contributed by atoms with van der Waals surface area (Å²) in [6, 6.07) is 4.59. The van der Waals surface area contributed by atoms with Crippen LogP contribution in [0, 0.1) is 0 Å². The van der Waals surface area contributed by atoms with Crippen LogP contribution in [0.15, 0.2) is 35.3 Å². The highest BCUT2D eigenvalue weighted by Crippen LogP contribution is 2.12. The summed E-state index contributed by atoms with van der Waals surface area (Å²) in [4.78, 5) is 71.8. The van der Waals surface area contributed by atoms with E-state index in [4.69, 9.17) is 10.8 Å². The van der Waals surface area contributed by atoms with Crippen LogP contribution >= 0.6 is 0 Å². The number of nitrogens with zero attached hydrogens (tertiary/aromatic N) is 3. The predicted molar refractivity (Wildman–Crippen MR) is 118 cm³/mol. The lowest BCUT2D eigenvalue weighted by atomic mass is 10.1. The summed E-state index contributed by atoms with van der Waals surface area (Å²) in [5.41, 5.74) is 6.30. The van der Waals surface area contributed by atoms with Crippen molar-refractivity contribution in [2.24, 2.45) is 0 Å². The van der Waals surface area contributed by atoms with Crippen molar-refractivity contribution in [3.05, 3.63) is 52.1 Å². The van der Waals surface area contributed by atoms with Gasteiger partial charge in [0.05, 0.1) is 18.4 Å². The number of fused-ring (bicyclic) bond motifs is 1. The quantitative estimate of drug-likeness (QED) is 0.174. The lowest BCUT2D eigenvalue weighted by molar-refractivity contribution is -0.141. The van der Waals surface area contributed by atoms with Crippen LogP contribution in [0.4, 0.5) is 16.4 Å². The number of carboxylic acid groups (broad SMARTS) is 2. The van der Waals surface area contributed by atoms with Crippen LogP contribution in [0.3, 0.4) is 0 Å². The van der Waals surface area contributed by atoms with Gasteiger partial charge in [0.1, 0.15) is 6.04 Å². The van der Waals surface area contributed by atoms with Gasteiger partial charge in [0.25, 0.3) is 11.5 Å². The maximum absolute atomic E-state index is 12.4. The van der Waals surface area contributed by atoms with E-state index in [0.29, 0.717) is 11.4 Å². The molecule has 0 aliphatic rings. The van der Waals surface area contributed by atoms with E-state index in [1.165, 1.54) is 18.3 Å². The second-order valence-corrected chi connectivity index (χ2v) is 7.06. The summed E-state index contributed by atoms with van der Waals surface area (Å²) in [5.74, 6) is -3.30. The summed E-state index contributed by atoms with van der Waals surface area (Å²) < 4.78 is 3.90. The molecule has 0 aliphatic carbocycles. The third kappa shape index (κ3) is 6.70. The lowest BCUT2D eigenvalue weighted by Crippen LogP contribution is -2.41. The summed E-state index contributed by atoms with van der Waals surface area (Å²) >= 11 is 0. The zero-order chi connectivity index (χ0) is 25.5. The Labute approximate surface area is 195 Å². The number of nitrogens with one attached hydrogen (secondary N) is 3. The van der Waals surface area contributed by atoms with Gasteiger partial charge in [-0.2, -0.15) is 4.98 Å². The van der Waals surface area contributed by atoms with Crippen molar-refractivity contribution in [3.63, 3.8) is 0 Å². The maximum Gasteiger partial charge on any atom is 0.513 e. The van der Waals surface area contributed by atoms with Gasteiger partial charge in [-0.3, -0.25) is 19.4 Å². The van der Waals surface area contributed by atoms with Gasteiger partial charge in [0.2, 0.25) is 5.95 Å². The fourth-order valence-corrected chi connectivity index (χ4v) is 2.90. The number of anilines is 2. The summed E-state index contributed by atoms with van der Waals surface area (Å²) in [6.07, 6.45) is -1.24. The van der Waals surface area contributed by atoms with Crippen molar-refractivity contribution < 1.29 is 34.1 Å². The Morgan fingerprint density at radius 1 is 1.11 bits per heavy atom. The second kappa shape index (κ2) is 10.7. The number of carbonyl (C=O) groups is 4. The van der Waals surface area contributed by atoms with E-state index in [0.717, 1.165) is 0 Å². The van der Waals surface area contributed by atoms with Gasteiger partial charge < -0.3 is 31.3 Å². The summed E-state index contributed by atoms with van der Waals surface area (Å²) in [7, 11) is 0. The number of benzene rings is 1. The van der Waals surface area contributed by atoms with Crippen molar-refractivity contribution >= 4 is 46.8 Å². The molecule has 0 radical (unpaired) electrons. The van der Waals surface area contributed by atoms with E-state index in [1.807, 2.05) is 0 Å². The summed E-state index contributed by atoms with van der Waals surface area (Å²) in [5, 5.41) is 22.9. The molecule has 3 rings (SSSR count). The minimum atomic E-state index is -1.80. The van der Waals surface area contributed by atoms with Crippen molar-refractivity contribution in [2.75, 3.05) is 11.1 Å². The topological polar surface area (TPSA) is 240 Å². The number of H-pyrrole nitrogens is 1. The number of carbonyl (C=O) groups excluding carboxylic acids is 2. The molecule has 0 fully saturated rings. The fraction of sp³-hybridized carbons (Fsp3) is 0.200. The summed E-state index contributed by atoms with van der Waals surface area (Å²) in [6.45, 7) is 0.200. The van der Waals surface area contributed by atoms with E-state index >= 15 is 0 Å². The highest BCUT2D eigenvalue weighted by molar-refractivity contribution is 5.97.